The minimum Gasteiger partial charge on any atom is -0.374 e. The van der Waals surface area contributed by atoms with Crippen LogP contribution in [-0.2, 0) is 10.2 Å². The summed E-state index contributed by atoms with van der Waals surface area (Å²) < 4.78 is 5.98. The normalized spacial score (nSPS) is 35.5. The molecule has 0 aromatic heterocycles. The van der Waals surface area contributed by atoms with Crippen LogP contribution >= 0.6 is 0 Å². The fraction of sp³-hybridized carbons (Fsp3) is 0.704. The SMILES string of the molecule is CC=CCOC1CCC(c2ccc(C34CCC(CCC)(CC3)CC4)cc2)CC1. The van der Waals surface area contributed by atoms with Gasteiger partial charge in [-0.1, -0.05) is 49.8 Å². The third kappa shape index (κ3) is 4.11. The first-order chi connectivity index (χ1) is 13.7. The van der Waals surface area contributed by atoms with Crippen molar-refractivity contribution < 1.29 is 4.74 Å². The first-order valence-corrected chi connectivity index (χ1v) is 12.0. The van der Waals surface area contributed by atoms with Crippen LogP contribution in [0.3, 0.4) is 0 Å². The van der Waals surface area contributed by atoms with E-state index < -0.39 is 0 Å². The minimum atomic E-state index is 0.471. The fourth-order valence-corrected chi connectivity index (χ4v) is 6.56. The molecule has 0 aliphatic heterocycles. The van der Waals surface area contributed by atoms with Crippen molar-refractivity contribution in [3.05, 3.63) is 47.5 Å². The maximum Gasteiger partial charge on any atom is 0.0651 e. The molecule has 0 heterocycles. The highest BCUT2D eigenvalue weighted by Gasteiger charge is 2.48. The minimum absolute atomic E-state index is 0.471. The number of hydrogen-bond donors (Lipinski definition) is 0. The molecule has 1 nitrogen and oxygen atoms in total. The van der Waals surface area contributed by atoms with Gasteiger partial charge in [-0.15, -0.1) is 0 Å². The molecule has 4 aliphatic carbocycles. The average molecular weight is 381 g/mol. The number of allylic oxidation sites excluding steroid dienone is 1. The van der Waals surface area contributed by atoms with Gasteiger partial charge in [0.15, 0.2) is 0 Å². The molecule has 4 fully saturated rings. The predicted octanol–water partition coefficient (Wildman–Crippen LogP) is 7.70. The highest BCUT2D eigenvalue weighted by Crippen LogP contribution is 2.59. The second-order valence-corrected chi connectivity index (χ2v) is 10.0. The van der Waals surface area contributed by atoms with Gasteiger partial charge in [-0.25, -0.2) is 0 Å². The predicted molar refractivity (Wildman–Crippen MR) is 119 cm³/mol. The summed E-state index contributed by atoms with van der Waals surface area (Å²) in [4.78, 5) is 0. The summed E-state index contributed by atoms with van der Waals surface area (Å²) in [7, 11) is 0. The van der Waals surface area contributed by atoms with E-state index in [1.165, 1.54) is 77.0 Å². The van der Waals surface area contributed by atoms with Crippen molar-refractivity contribution in [1.82, 2.24) is 0 Å². The van der Waals surface area contributed by atoms with Crippen LogP contribution in [0, 0.1) is 5.41 Å². The zero-order chi connectivity index (χ0) is 19.5. The lowest BCUT2D eigenvalue weighted by Gasteiger charge is -2.54. The fourth-order valence-electron chi connectivity index (χ4n) is 6.56. The van der Waals surface area contributed by atoms with Gasteiger partial charge in [0.05, 0.1) is 12.7 Å². The van der Waals surface area contributed by atoms with Gasteiger partial charge in [0.2, 0.25) is 0 Å². The Kier molecular flexibility index (Phi) is 6.30. The van der Waals surface area contributed by atoms with E-state index in [1.54, 1.807) is 11.1 Å². The van der Waals surface area contributed by atoms with Crippen molar-refractivity contribution >= 4 is 0 Å². The summed E-state index contributed by atoms with van der Waals surface area (Å²) in [5, 5.41) is 0. The average Bonchev–Trinajstić information content (AvgIpc) is 2.76. The molecular weight excluding hydrogens is 340 g/mol. The van der Waals surface area contributed by atoms with Crippen LogP contribution in [0.4, 0.5) is 0 Å². The van der Waals surface area contributed by atoms with Crippen LogP contribution in [0.25, 0.3) is 0 Å². The Labute approximate surface area is 173 Å². The lowest BCUT2D eigenvalue weighted by atomic mass is 9.51. The molecule has 2 bridgehead atoms. The van der Waals surface area contributed by atoms with Crippen LogP contribution in [0.5, 0.6) is 0 Å². The topological polar surface area (TPSA) is 9.23 Å². The van der Waals surface area contributed by atoms with Gasteiger partial charge in [0.1, 0.15) is 0 Å². The van der Waals surface area contributed by atoms with Crippen molar-refractivity contribution in [2.24, 2.45) is 5.41 Å². The summed E-state index contributed by atoms with van der Waals surface area (Å²) in [5.74, 6) is 0.739. The van der Waals surface area contributed by atoms with Gasteiger partial charge in [0, 0.05) is 0 Å². The third-order valence-electron chi connectivity index (χ3n) is 8.51. The highest BCUT2D eigenvalue weighted by atomic mass is 16.5. The number of benzene rings is 1. The molecular formula is C27H40O. The van der Waals surface area contributed by atoms with Crippen LogP contribution in [-0.4, -0.2) is 12.7 Å². The smallest absolute Gasteiger partial charge is 0.0651 e. The van der Waals surface area contributed by atoms with E-state index in [9.17, 15) is 0 Å². The van der Waals surface area contributed by atoms with E-state index in [2.05, 4.69) is 50.3 Å². The largest absolute Gasteiger partial charge is 0.374 e. The second-order valence-electron chi connectivity index (χ2n) is 10.0. The van der Waals surface area contributed by atoms with Gasteiger partial charge in [-0.05, 0) is 105 Å². The maximum atomic E-state index is 5.98. The second kappa shape index (κ2) is 8.74. The molecule has 0 unspecified atom stereocenters. The Bertz CT molecular complexity index is 623. The summed E-state index contributed by atoms with van der Waals surface area (Å²) in [5.41, 5.74) is 4.43. The third-order valence-corrected chi connectivity index (χ3v) is 8.51. The summed E-state index contributed by atoms with van der Waals surface area (Å²) in [6, 6.07) is 9.95. The van der Waals surface area contributed by atoms with Crippen molar-refractivity contribution in [2.75, 3.05) is 6.61 Å². The molecule has 0 radical (unpaired) electrons. The molecule has 4 saturated carbocycles. The molecule has 0 spiro atoms. The lowest BCUT2D eigenvalue weighted by molar-refractivity contribution is 0.0320. The highest BCUT2D eigenvalue weighted by molar-refractivity contribution is 5.33. The quantitative estimate of drug-likeness (QED) is 0.440. The van der Waals surface area contributed by atoms with Crippen LogP contribution in [0.1, 0.15) is 108 Å². The molecule has 5 rings (SSSR count). The van der Waals surface area contributed by atoms with Gasteiger partial charge in [0.25, 0.3) is 0 Å². The van der Waals surface area contributed by atoms with Crippen molar-refractivity contribution in [3.8, 4) is 0 Å². The molecule has 4 aliphatic rings. The Balaban J connectivity index is 1.34. The first-order valence-electron chi connectivity index (χ1n) is 12.0. The van der Waals surface area contributed by atoms with Crippen LogP contribution in [0.2, 0.25) is 0 Å². The molecule has 0 N–H and O–H groups in total. The van der Waals surface area contributed by atoms with Crippen LogP contribution < -0.4 is 0 Å². The van der Waals surface area contributed by atoms with E-state index in [0.717, 1.165) is 12.5 Å². The van der Waals surface area contributed by atoms with E-state index in [-0.39, 0.29) is 0 Å². The van der Waals surface area contributed by atoms with Gasteiger partial charge >= 0.3 is 0 Å². The molecule has 0 saturated heterocycles. The van der Waals surface area contributed by atoms with E-state index >= 15 is 0 Å². The maximum absolute atomic E-state index is 5.98. The van der Waals surface area contributed by atoms with E-state index in [0.29, 0.717) is 16.9 Å². The van der Waals surface area contributed by atoms with E-state index in [4.69, 9.17) is 4.74 Å². The van der Waals surface area contributed by atoms with Gasteiger partial charge in [-0.2, -0.15) is 0 Å². The zero-order valence-electron chi connectivity index (χ0n) is 18.2. The number of fused-ring (bicyclic) bond motifs is 3. The molecule has 0 atom stereocenters. The number of hydrogen-bond acceptors (Lipinski definition) is 1. The summed E-state index contributed by atoms with van der Waals surface area (Å²) in [6.45, 7) is 5.21. The Morgan fingerprint density at radius 1 is 0.929 bits per heavy atom. The molecule has 28 heavy (non-hydrogen) atoms. The summed E-state index contributed by atoms with van der Waals surface area (Å²) in [6.07, 6.45) is 21.2. The monoisotopic (exact) mass is 380 g/mol. The molecule has 1 aromatic carbocycles. The Morgan fingerprint density at radius 3 is 2.14 bits per heavy atom. The molecule has 154 valence electrons. The lowest BCUT2D eigenvalue weighted by Crippen LogP contribution is -2.44. The summed E-state index contributed by atoms with van der Waals surface area (Å²) >= 11 is 0. The van der Waals surface area contributed by atoms with Crippen LogP contribution in [0.15, 0.2) is 36.4 Å². The van der Waals surface area contributed by atoms with Crippen molar-refractivity contribution in [3.63, 3.8) is 0 Å². The van der Waals surface area contributed by atoms with E-state index in [1.807, 2.05) is 0 Å². The first kappa shape index (κ1) is 20.2. The van der Waals surface area contributed by atoms with Crippen molar-refractivity contribution in [2.45, 2.75) is 108 Å². The zero-order valence-corrected chi connectivity index (χ0v) is 18.2. The molecule has 1 heteroatoms. The Hall–Kier alpha value is -1.08. The van der Waals surface area contributed by atoms with Gasteiger partial charge < -0.3 is 4.74 Å². The molecule has 0 amide bonds. The van der Waals surface area contributed by atoms with Gasteiger partial charge in [-0.3, -0.25) is 0 Å². The molecule has 1 aromatic rings. The number of rotatable bonds is 7. The standard InChI is InChI=1S/C27H40O/c1-3-5-21-28-25-12-8-23(9-13-25)22-6-10-24(11-7-22)27-18-15-26(14-4-2,16-19-27)17-20-27/h3,5-7,10-11,23,25H,4,8-9,12-21H2,1-2H3. The van der Waals surface area contributed by atoms with Crippen molar-refractivity contribution in [1.29, 1.82) is 0 Å². The number of ether oxygens (including phenoxy) is 1. The Morgan fingerprint density at radius 2 is 1.57 bits per heavy atom.